The zero-order valence-electron chi connectivity index (χ0n) is 10.1. The second-order valence-corrected chi connectivity index (χ2v) is 4.79. The molecule has 2 heterocycles. The molecule has 5 heteroatoms. The van der Waals surface area contributed by atoms with Gasteiger partial charge in [0.1, 0.15) is 0 Å². The van der Waals surface area contributed by atoms with Crippen LogP contribution in [0.25, 0.3) is 0 Å². The third-order valence-corrected chi connectivity index (χ3v) is 3.64. The summed E-state index contributed by atoms with van der Waals surface area (Å²) in [5.41, 5.74) is 0. The molecule has 2 atom stereocenters. The highest BCUT2D eigenvalue weighted by molar-refractivity contribution is 5.67. The molecule has 0 aromatic heterocycles. The maximum atomic E-state index is 11.0. The Bertz CT molecular complexity index is 229. The van der Waals surface area contributed by atoms with Gasteiger partial charge in [0.2, 0.25) is 0 Å². The van der Waals surface area contributed by atoms with Crippen molar-refractivity contribution >= 4 is 5.97 Å². The highest BCUT2D eigenvalue weighted by atomic mass is 16.5. The lowest BCUT2D eigenvalue weighted by Crippen LogP contribution is -2.49. The standard InChI is InChI=1S/C12H21NO4/c14-12(15)8-11(10-2-1-5-17-9-10)13-3-6-16-7-4-13/h10-11H,1-9H2,(H,14,15). The lowest BCUT2D eigenvalue weighted by molar-refractivity contribution is -0.140. The number of hydrogen-bond donors (Lipinski definition) is 1. The average Bonchev–Trinajstić information content (AvgIpc) is 2.38. The summed E-state index contributed by atoms with van der Waals surface area (Å²) in [6.45, 7) is 4.63. The fourth-order valence-corrected chi connectivity index (χ4v) is 2.75. The van der Waals surface area contributed by atoms with E-state index in [1.54, 1.807) is 0 Å². The molecule has 5 nitrogen and oxygen atoms in total. The number of hydrogen-bond acceptors (Lipinski definition) is 4. The smallest absolute Gasteiger partial charge is 0.304 e. The van der Waals surface area contributed by atoms with Crippen molar-refractivity contribution in [3.8, 4) is 0 Å². The van der Waals surface area contributed by atoms with E-state index in [1.165, 1.54) is 0 Å². The number of morpholine rings is 1. The van der Waals surface area contributed by atoms with Gasteiger partial charge in [-0.05, 0) is 18.8 Å². The summed E-state index contributed by atoms with van der Waals surface area (Å²) in [5, 5.41) is 9.05. The SMILES string of the molecule is O=C(O)CC(C1CCCOC1)N1CCOCC1. The van der Waals surface area contributed by atoms with E-state index in [2.05, 4.69) is 4.90 Å². The Balaban J connectivity index is 1.97. The summed E-state index contributed by atoms with van der Waals surface area (Å²) >= 11 is 0. The number of carboxylic acid groups (broad SMARTS) is 1. The lowest BCUT2D eigenvalue weighted by atomic mass is 9.90. The first kappa shape index (κ1) is 12.8. The van der Waals surface area contributed by atoms with Gasteiger partial charge in [0, 0.05) is 25.7 Å². The highest BCUT2D eigenvalue weighted by Crippen LogP contribution is 2.24. The van der Waals surface area contributed by atoms with Gasteiger partial charge < -0.3 is 14.6 Å². The van der Waals surface area contributed by atoms with Gasteiger partial charge in [-0.1, -0.05) is 0 Å². The highest BCUT2D eigenvalue weighted by Gasteiger charge is 2.31. The van der Waals surface area contributed by atoms with Gasteiger partial charge in [0.15, 0.2) is 0 Å². The van der Waals surface area contributed by atoms with Gasteiger partial charge in [-0.15, -0.1) is 0 Å². The molecular weight excluding hydrogens is 222 g/mol. The fourth-order valence-electron chi connectivity index (χ4n) is 2.75. The molecule has 0 spiro atoms. The Kier molecular flexibility index (Phi) is 4.76. The van der Waals surface area contributed by atoms with Crippen molar-refractivity contribution in [3.05, 3.63) is 0 Å². The van der Waals surface area contributed by atoms with Gasteiger partial charge in [-0.2, -0.15) is 0 Å². The molecule has 2 fully saturated rings. The van der Waals surface area contributed by atoms with Crippen molar-refractivity contribution in [2.24, 2.45) is 5.92 Å². The van der Waals surface area contributed by atoms with Crippen molar-refractivity contribution in [1.29, 1.82) is 0 Å². The summed E-state index contributed by atoms with van der Waals surface area (Å²) in [6, 6.07) is 0.108. The average molecular weight is 243 g/mol. The number of aliphatic carboxylic acids is 1. The van der Waals surface area contributed by atoms with Crippen molar-refractivity contribution in [1.82, 2.24) is 4.90 Å². The first-order chi connectivity index (χ1) is 8.27. The minimum absolute atomic E-state index is 0.108. The maximum absolute atomic E-state index is 11.0. The summed E-state index contributed by atoms with van der Waals surface area (Å²) in [5.74, 6) is -0.356. The van der Waals surface area contributed by atoms with Gasteiger partial charge in [0.25, 0.3) is 0 Å². The first-order valence-electron chi connectivity index (χ1n) is 6.38. The largest absolute Gasteiger partial charge is 0.481 e. The van der Waals surface area contributed by atoms with Crippen LogP contribution in [0, 0.1) is 5.92 Å². The molecule has 0 aromatic rings. The number of carbonyl (C=O) groups is 1. The quantitative estimate of drug-likeness (QED) is 0.783. The molecule has 2 saturated heterocycles. The van der Waals surface area contributed by atoms with E-state index in [-0.39, 0.29) is 12.5 Å². The van der Waals surface area contributed by atoms with Crippen LogP contribution in [-0.2, 0) is 14.3 Å². The molecule has 0 saturated carbocycles. The predicted molar refractivity (Wildman–Crippen MR) is 62.0 cm³/mol. The van der Waals surface area contributed by atoms with E-state index < -0.39 is 5.97 Å². The van der Waals surface area contributed by atoms with Crippen LogP contribution in [0.3, 0.4) is 0 Å². The minimum Gasteiger partial charge on any atom is -0.481 e. The summed E-state index contributed by atoms with van der Waals surface area (Å²) in [4.78, 5) is 13.3. The van der Waals surface area contributed by atoms with Gasteiger partial charge in [0.05, 0.1) is 26.2 Å². The molecule has 98 valence electrons. The molecule has 2 rings (SSSR count). The lowest BCUT2D eigenvalue weighted by Gasteiger charge is -2.39. The van der Waals surface area contributed by atoms with Crippen LogP contribution in [0.4, 0.5) is 0 Å². The third-order valence-electron chi connectivity index (χ3n) is 3.64. The van der Waals surface area contributed by atoms with Crippen LogP contribution < -0.4 is 0 Å². The molecule has 2 aliphatic rings. The third kappa shape index (κ3) is 3.66. The van der Waals surface area contributed by atoms with Crippen LogP contribution in [0.2, 0.25) is 0 Å². The Labute approximate surface area is 102 Å². The van der Waals surface area contributed by atoms with Crippen molar-refractivity contribution < 1.29 is 19.4 Å². The van der Waals surface area contributed by atoms with E-state index in [9.17, 15) is 4.79 Å². The normalized spacial score (nSPS) is 28.8. The number of rotatable bonds is 4. The monoisotopic (exact) mass is 243 g/mol. The molecule has 0 aromatic carbocycles. The van der Waals surface area contributed by atoms with Crippen LogP contribution in [0.5, 0.6) is 0 Å². The Morgan fingerprint density at radius 1 is 1.29 bits per heavy atom. The molecule has 0 amide bonds. The molecule has 0 bridgehead atoms. The van der Waals surface area contributed by atoms with E-state index in [1.807, 2.05) is 0 Å². The second kappa shape index (κ2) is 6.33. The van der Waals surface area contributed by atoms with Gasteiger partial charge >= 0.3 is 5.97 Å². The summed E-state index contributed by atoms with van der Waals surface area (Å²) < 4.78 is 10.8. The van der Waals surface area contributed by atoms with E-state index in [0.29, 0.717) is 25.7 Å². The Morgan fingerprint density at radius 2 is 2.06 bits per heavy atom. The molecule has 0 radical (unpaired) electrons. The number of carboxylic acids is 1. The molecule has 1 N–H and O–H groups in total. The van der Waals surface area contributed by atoms with Gasteiger partial charge in [-0.25, -0.2) is 0 Å². The summed E-state index contributed by atoms with van der Waals surface area (Å²) in [7, 11) is 0. The van der Waals surface area contributed by atoms with Crippen LogP contribution in [-0.4, -0.2) is 61.5 Å². The van der Waals surface area contributed by atoms with Crippen molar-refractivity contribution in [3.63, 3.8) is 0 Å². The van der Waals surface area contributed by atoms with E-state index in [4.69, 9.17) is 14.6 Å². The second-order valence-electron chi connectivity index (χ2n) is 4.79. The first-order valence-corrected chi connectivity index (χ1v) is 6.38. The topological polar surface area (TPSA) is 59.0 Å². The van der Waals surface area contributed by atoms with Crippen LogP contribution >= 0.6 is 0 Å². The van der Waals surface area contributed by atoms with E-state index >= 15 is 0 Å². The van der Waals surface area contributed by atoms with Gasteiger partial charge in [-0.3, -0.25) is 9.69 Å². The van der Waals surface area contributed by atoms with E-state index in [0.717, 1.165) is 32.5 Å². The Hall–Kier alpha value is -0.650. The van der Waals surface area contributed by atoms with Crippen LogP contribution in [0.15, 0.2) is 0 Å². The van der Waals surface area contributed by atoms with Crippen LogP contribution in [0.1, 0.15) is 19.3 Å². The molecule has 2 aliphatic heterocycles. The number of ether oxygens (including phenoxy) is 2. The zero-order valence-corrected chi connectivity index (χ0v) is 10.1. The molecule has 2 unspecified atom stereocenters. The Morgan fingerprint density at radius 3 is 2.65 bits per heavy atom. The van der Waals surface area contributed by atoms with Crippen molar-refractivity contribution in [2.75, 3.05) is 39.5 Å². The maximum Gasteiger partial charge on any atom is 0.304 e. The van der Waals surface area contributed by atoms with Crippen molar-refractivity contribution in [2.45, 2.75) is 25.3 Å². The fraction of sp³-hybridized carbons (Fsp3) is 0.917. The molecule has 17 heavy (non-hydrogen) atoms. The number of nitrogens with zero attached hydrogens (tertiary/aromatic N) is 1. The minimum atomic E-state index is -0.716. The zero-order chi connectivity index (χ0) is 12.1. The predicted octanol–water partition coefficient (Wildman–Crippen LogP) is 0.589. The molecular formula is C12H21NO4. The summed E-state index contributed by atoms with van der Waals surface area (Å²) in [6.07, 6.45) is 2.34. The molecule has 0 aliphatic carbocycles.